The molecule has 0 aromatic heterocycles. The number of rotatable bonds is 7. The van der Waals surface area contributed by atoms with Crippen molar-refractivity contribution >= 4 is 22.5 Å². The van der Waals surface area contributed by atoms with Crippen LogP contribution in [0.1, 0.15) is 6.92 Å². The van der Waals surface area contributed by atoms with Gasteiger partial charge in [-0.25, -0.2) is 4.99 Å². The van der Waals surface area contributed by atoms with E-state index in [1.165, 1.54) is 0 Å². The first-order valence-corrected chi connectivity index (χ1v) is 9.93. The van der Waals surface area contributed by atoms with E-state index in [1.807, 2.05) is 73.7 Å². The molecule has 0 fully saturated rings. The van der Waals surface area contributed by atoms with Crippen molar-refractivity contribution < 1.29 is 14.2 Å². The fraction of sp³-hybridized carbons (Fsp3) is 0.125. The lowest BCUT2D eigenvalue weighted by Gasteiger charge is -2.10. The number of aliphatic imine (C=N–C) groups is 1. The van der Waals surface area contributed by atoms with Gasteiger partial charge in [-0.2, -0.15) is 0 Å². The van der Waals surface area contributed by atoms with E-state index in [1.54, 1.807) is 32.2 Å². The molecule has 0 N–H and O–H groups in total. The molecule has 0 radical (unpaired) electrons. The lowest BCUT2D eigenvalue weighted by molar-refractivity contribution is 0.377. The second-order valence-electron chi connectivity index (χ2n) is 6.10. The highest BCUT2D eigenvalue weighted by Gasteiger charge is 2.08. The van der Waals surface area contributed by atoms with Gasteiger partial charge in [-0.15, -0.1) is 0 Å². The summed E-state index contributed by atoms with van der Waals surface area (Å²) in [6.07, 6.45) is 1.70. The highest BCUT2D eigenvalue weighted by Crippen LogP contribution is 2.29. The molecule has 3 aromatic carbocycles. The standard InChI is InChI=1S/C24H23NO3S/c1-18(17-28-23-12-8-7-11-22(23)27-3)24(29-21-9-5-4-6-10-21)25-19-13-15-20(26-2)16-14-19/h4-17H,1-3H3. The maximum Gasteiger partial charge on any atom is 0.168 e. The number of hydrogen-bond acceptors (Lipinski definition) is 5. The second kappa shape index (κ2) is 10.4. The number of hydrogen-bond donors (Lipinski definition) is 0. The zero-order valence-corrected chi connectivity index (χ0v) is 17.5. The minimum atomic E-state index is 0.655. The molecule has 3 aromatic rings. The van der Waals surface area contributed by atoms with E-state index in [-0.39, 0.29) is 0 Å². The van der Waals surface area contributed by atoms with Gasteiger partial charge in [0.1, 0.15) is 10.8 Å². The largest absolute Gasteiger partial charge is 0.497 e. The van der Waals surface area contributed by atoms with Gasteiger partial charge in [0, 0.05) is 10.5 Å². The Morgan fingerprint density at radius 1 is 0.793 bits per heavy atom. The normalized spacial score (nSPS) is 11.8. The molecule has 29 heavy (non-hydrogen) atoms. The summed E-state index contributed by atoms with van der Waals surface area (Å²) in [5.74, 6) is 2.14. The zero-order valence-electron chi connectivity index (χ0n) is 16.7. The van der Waals surface area contributed by atoms with E-state index in [0.29, 0.717) is 11.5 Å². The molecule has 0 saturated carbocycles. The van der Waals surface area contributed by atoms with Crippen LogP contribution in [0.4, 0.5) is 5.69 Å². The smallest absolute Gasteiger partial charge is 0.168 e. The maximum absolute atomic E-state index is 5.88. The molecule has 0 amide bonds. The molecule has 148 valence electrons. The fourth-order valence-electron chi connectivity index (χ4n) is 2.48. The first kappa shape index (κ1) is 20.6. The van der Waals surface area contributed by atoms with E-state index >= 15 is 0 Å². The molecule has 0 unspecified atom stereocenters. The number of benzene rings is 3. The van der Waals surface area contributed by atoms with Crippen LogP contribution < -0.4 is 14.2 Å². The Kier molecular flexibility index (Phi) is 7.36. The SMILES string of the molecule is COc1ccc(N=C(Sc2ccccc2)C(C)=COc2ccccc2OC)cc1. The third-order valence-corrected chi connectivity index (χ3v) is 5.14. The molecule has 0 heterocycles. The van der Waals surface area contributed by atoms with Crippen molar-refractivity contribution in [2.45, 2.75) is 11.8 Å². The van der Waals surface area contributed by atoms with Gasteiger partial charge in [-0.3, -0.25) is 0 Å². The summed E-state index contributed by atoms with van der Waals surface area (Å²) in [6.45, 7) is 1.98. The Morgan fingerprint density at radius 2 is 1.45 bits per heavy atom. The quantitative estimate of drug-likeness (QED) is 0.194. The summed E-state index contributed by atoms with van der Waals surface area (Å²) in [5.41, 5.74) is 1.75. The van der Waals surface area contributed by atoms with Crippen LogP contribution in [-0.2, 0) is 0 Å². The van der Waals surface area contributed by atoms with E-state index in [9.17, 15) is 0 Å². The summed E-state index contributed by atoms with van der Waals surface area (Å²) in [7, 11) is 3.28. The second-order valence-corrected chi connectivity index (χ2v) is 7.16. The zero-order chi connectivity index (χ0) is 20.5. The van der Waals surface area contributed by atoms with Crippen LogP contribution in [0.3, 0.4) is 0 Å². The number of thioether (sulfide) groups is 1. The van der Waals surface area contributed by atoms with Crippen molar-refractivity contribution in [1.82, 2.24) is 0 Å². The first-order valence-electron chi connectivity index (χ1n) is 9.12. The van der Waals surface area contributed by atoms with Gasteiger partial charge in [-0.1, -0.05) is 42.1 Å². The van der Waals surface area contributed by atoms with E-state index in [2.05, 4.69) is 12.1 Å². The van der Waals surface area contributed by atoms with Gasteiger partial charge >= 0.3 is 0 Å². The minimum Gasteiger partial charge on any atom is -0.497 e. The summed E-state index contributed by atoms with van der Waals surface area (Å²) in [5, 5.41) is 0.844. The average Bonchev–Trinajstić information content (AvgIpc) is 2.78. The van der Waals surface area contributed by atoms with Crippen molar-refractivity contribution in [3.63, 3.8) is 0 Å². The van der Waals surface area contributed by atoms with Gasteiger partial charge < -0.3 is 14.2 Å². The summed E-state index contributed by atoms with van der Waals surface area (Å²) in [4.78, 5) is 5.93. The minimum absolute atomic E-state index is 0.655. The third-order valence-electron chi connectivity index (χ3n) is 4.03. The van der Waals surface area contributed by atoms with E-state index < -0.39 is 0 Å². The Morgan fingerprint density at radius 3 is 2.10 bits per heavy atom. The topological polar surface area (TPSA) is 40.0 Å². The average molecular weight is 406 g/mol. The van der Waals surface area contributed by atoms with Crippen molar-refractivity contribution in [3.05, 3.63) is 90.7 Å². The Balaban J connectivity index is 1.89. The summed E-state index contributed by atoms with van der Waals surface area (Å²) >= 11 is 1.59. The number of ether oxygens (including phenoxy) is 3. The molecule has 0 aliphatic heterocycles. The summed E-state index contributed by atoms with van der Waals surface area (Å²) in [6, 6.07) is 25.3. The van der Waals surface area contributed by atoms with Crippen LogP contribution in [0.25, 0.3) is 0 Å². The third kappa shape index (κ3) is 5.90. The van der Waals surface area contributed by atoms with Gasteiger partial charge in [0.2, 0.25) is 0 Å². The molecule has 0 bridgehead atoms. The Bertz CT molecular complexity index is 983. The van der Waals surface area contributed by atoms with Crippen molar-refractivity contribution in [2.75, 3.05) is 14.2 Å². The van der Waals surface area contributed by atoms with Gasteiger partial charge in [0.05, 0.1) is 26.2 Å². The molecule has 4 nitrogen and oxygen atoms in total. The van der Waals surface area contributed by atoms with Crippen molar-refractivity contribution in [2.24, 2.45) is 4.99 Å². The van der Waals surface area contributed by atoms with Crippen LogP contribution in [0.15, 0.2) is 101 Å². The molecule has 0 atom stereocenters. The highest BCUT2D eigenvalue weighted by molar-refractivity contribution is 8.14. The van der Waals surface area contributed by atoms with Crippen LogP contribution in [0.5, 0.6) is 17.2 Å². The van der Waals surface area contributed by atoms with Crippen molar-refractivity contribution in [3.8, 4) is 17.2 Å². The summed E-state index contributed by atoms with van der Waals surface area (Å²) < 4.78 is 16.5. The number of para-hydroxylation sites is 2. The van der Waals surface area contributed by atoms with Crippen LogP contribution in [0.2, 0.25) is 0 Å². The molecule has 5 heteroatoms. The maximum atomic E-state index is 5.88. The molecule has 3 rings (SSSR count). The lowest BCUT2D eigenvalue weighted by atomic mass is 10.3. The Labute approximate surface area is 175 Å². The fourth-order valence-corrected chi connectivity index (χ4v) is 3.36. The monoisotopic (exact) mass is 405 g/mol. The van der Waals surface area contributed by atoms with Crippen LogP contribution >= 0.6 is 11.8 Å². The molecule has 0 spiro atoms. The predicted octanol–water partition coefficient (Wildman–Crippen LogP) is 6.51. The van der Waals surface area contributed by atoms with Gasteiger partial charge in [-0.05, 0) is 55.5 Å². The van der Waals surface area contributed by atoms with Crippen LogP contribution in [-0.4, -0.2) is 19.3 Å². The Hall–Kier alpha value is -3.18. The molecule has 0 aliphatic rings. The highest BCUT2D eigenvalue weighted by atomic mass is 32.2. The molecule has 0 saturated heterocycles. The molecular formula is C24H23NO3S. The predicted molar refractivity (Wildman–Crippen MR) is 120 cm³/mol. The molecular weight excluding hydrogens is 382 g/mol. The first-order chi connectivity index (χ1) is 14.2. The number of methoxy groups -OCH3 is 2. The van der Waals surface area contributed by atoms with Gasteiger partial charge in [0.25, 0.3) is 0 Å². The lowest BCUT2D eigenvalue weighted by Crippen LogP contribution is -1.98. The number of nitrogens with zero attached hydrogens (tertiary/aromatic N) is 1. The molecule has 0 aliphatic carbocycles. The van der Waals surface area contributed by atoms with Gasteiger partial charge in [0.15, 0.2) is 11.5 Å². The van der Waals surface area contributed by atoms with Crippen molar-refractivity contribution in [1.29, 1.82) is 0 Å². The van der Waals surface area contributed by atoms with E-state index in [4.69, 9.17) is 19.2 Å². The van der Waals surface area contributed by atoms with E-state index in [0.717, 1.165) is 26.9 Å². The van der Waals surface area contributed by atoms with Crippen LogP contribution in [0, 0.1) is 0 Å².